The highest BCUT2D eigenvalue weighted by Gasteiger charge is 2.35. The molecule has 4 heteroatoms. The van der Waals surface area contributed by atoms with Crippen LogP contribution in [-0.4, -0.2) is 24.8 Å². The Kier molecular flexibility index (Phi) is 4.02. The van der Waals surface area contributed by atoms with Gasteiger partial charge in [-0.05, 0) is 63.8 Å². The van der Waals surface area contributed by atoms with Crippen molar-refractivity contribution in [1.82, 2.24) is 4.31 Å². The molecule has 2 rings (SSSR count). The second kappa shape index (κ2) is 5.25. The van der Waals surface area contributed by atoms with Crippen LogP contribution in [0.4, 0.5) is 0 Å². The first-order valence-corrected chi connectivity index (χ1v) is 8.39. The zero-order chi connectivity index (χ0) is 14.2. The molecular weight excluding hydrogens is 258 g/mol. The molecule has 1 fully saturated rings. The normalized spacial score (nSPS) is 25.5. The lowest BCUT2D eigenvalue weighted by Crippen LogP contribution is -2.47. The molecule has 1 aromatic carbocycles. The van der Waals surface area contributed by atoms with Crippen LogP contribution in [0.1, 0.15) is 44.2 Å². The minimum atomic E-state index is -3.37. The van der Waals surface area contributed by atoms with Gasteiger partial charge in [0.25, 0.3) is 0 Å². The van der Waals surface area contributed by atoms with E-state index in [0.717, 1.165) is 30.4 Å². The van der Waals surface area contributed by atoms with E-state index in [1.807, 2.05) is 33.8 Å². The minimum Gasteiger partial charge on any atom is -0.207 e. The van der Waals surface area contributed by atoms with Crippen LogP contribution >= 0.6 is 0 Å². The maximum absolute atomic E-state index is 12.8. The summed E-state index contributed by atoms with van der Waals surface area (Å²) >= 11 is 0. The zero-order valence-electron chi connectivity index (χ0n) is 12.2. The Labute approximate surface area is 116 Å². The van der Waals surface area contributed by atoms with E-state index < -0.39 is 10.0 Å². The number of aryl methyl sites for hydroxylation is 2. The molecule has 0 bridgehead atoms. The van der Waals surface area contributed by atoms with Gasteiger partial charge in [0.2, 0.25) is 10.0 Å². The van der Waals surface area contributed by atoms with Crippen molar-refractivity contribution >= 4 is 10.0 Å². The standard InChI is InChI=1S/C15H23NO2S/c1-11-8-9-15(10-12(11)2)19(17,18)16-13(3)6-5-7-14(16)4/h8-10,13-14H,5-7H2,1-4H3. The molecule has 0 radical (unpaired) electrons. The van der Waals surface area contributed by atoms with Crippen LogP contribution in [0, 0.1) is 13.8 Å². The average Bonchev–Trinajstić information content (AvgIpc) is 2.32. The Morgan fingerprint density at radius 3 is 2.16 bits per heavy atom. The van der Waals surface area contributed by atoms with Crippen LogP contribution in [0.15, 0.2) is 23.1 Å². The number of hydrogen-bond donors (Lipinski definition) is 0. The van der Waals surface area contributed by atoms with Gasteiger partial charge in [-0.2, -0.15) is 4.31 Å². The van der Waals surface area contributed by atoms with E-state index in [0.29, 0.717) is 4.90 Å². The fourth-order valence-corrected chi connectivity index (χ4v) is 4.84. The van der Waals surface area contributed by atoms with Crippen LogP contribution in [0.3, 0.4) is 0 Å². The SMILES string of the molecule is Cc1ccc(S(=O)(=O)N2C(C)CCCC2C)cc1C. The second-order valence-corrected chi connectivity index (χ2v) is 7.55. The summed E-state index contributed by atoms with van der Waals surface area (Å²) in [7, 11) is -3.37. The van der Waals surface area contributed by atoms with Crippen LogP contribution in [0.5, 0.6) is 0 Å². The van der Waals surface area contributed by atoms with Crippen molar-refractivity contribution in [1.29, 1.82) is 0 Å². The predicted molar refractivity (Wildman–Crippen MR) is 77.7 cm³/mol. The Hall–Kier alpha value is -0.870. The van der Waals surface area contributed by atoms with Crippen molar-refractivity contribution in [2.75, 3.05) is 0 Å². The molecule has 1 aliphatic rings. The Morgan fingerprint density at radius 2 is 1.63 bits per heavy atom. The summed E-state index contributed by atoms with van der Waals surface area (Å²) in [6.45, 7) is 7.97. The van der Waals surface area contributed by atoms with Gasteiger partial charge in [-0.1, -0.05) is 12.5 Å². The van der Waals surface area contributed by atoms with E-state index >= 15 is 0 Å². The van der Waals surface area contributed by atoms with Gasteiger partial charge in [0.15, 0.2) is 0 Å². The van der Waals surface area contributed by atoms with Crippen LogP contribution < -0.4 is 0 Å². The highest BCUT2D eigenvalue weighted by Crippen LogP contribution is 2.30. The van der Waals surface area contributed by atoms with Crippen LogP contribution in [0.25, 0.3) is 0 Å². The van der Waals surface area contributed by atoms with Gasteiger partial charge in [-0.25, -0.2) is 8.42 Å². The fourth-order valence-electron chi connectivity index (χ4n) is 2.87. The third-order valence-electron chi connectivity index (χ3n) is 4.17. The molecule has 0 aromatic heterocycles. The number of benzene rings is 1. The fraction of sp³-hybridized carbons (Fsp3) is 0.600. The lowest BCUT2D eigenvalue weighted by atomic mass is 10.0. The van der Waals surface area contributed by atoms with Gasteiger partial charge in [-0.15, -0.1) is 0 Å². The maximum Gasteiger partial charge on any atom is 0.243 e. The van der Waals surface area contributed by atoms with E-state index in [-0.39, 0.29) is 12.1 Å². The topological polar surface area (TPSA) is 37.4 Å². The monoisotopic (exact) mass is 281 g/mol. The van der Waals surface area contributed by atoms with Gasteiger partial charge in [-0.3, -0.25) is 0 Å². The summed E-state index contributed by atoms with van der Waals surface area (Å²) in [5.41, 5.74) is 2.15. The summed E-state index contributed by atoms with van der Waals surface area (Å²) in [5, 5.41) is 0. The van der Waals surface area contributed by atoms with Gasteiger partial charge in [0.05, 0.1) is 4.90 Å². The summed E-state index contributed by atoms with van der Waals surface area (Å²) in [6, 6.07) is 5.59. The summed E-state index contributed by atoms with van der Waals surface area (Å²) in [4.78, 5) is 0.427. The van der Waals surface area contributed by atoms with Crippen molar-refractivity contribution in [2.24, 2.45) is 0 Å². The first-order chi connectivity index (χ1) is 8.84. The molecule has 1 heterocycles. The molecule has 0 saturated carbocycles. The molecule has 1 aliphatic heterocycles. The number of nitrogens with zero attached hydrogens (tertiary/aromatic N) is 1. The molecule has 0 aliphatic carbocycles. The average molecular weight is 281 g/mol. The van der Waals surface area contributed by atoms with Crippen LogP contribution in [-0.2, 0) is 10.0 Å². The van der Waals surface area contributed by atoms with Crippen molar-refractivity contribution in [3.8, 4) is 0 Å². The number of sulfonamides is 1. The number of rotatable bonds is 2. The van der Waals surface area contributed by atoms with E-state index in [4.69, 9.17) is 0 Å². The van der Waals surface area contributed by atoms with Gasteiger partial charge in [0, 0.05) is 12.1 Å². The van der Waals surface area contributed by atoms with E-state index in [9.17, 15) is 8.42 Å². The minimum absolute atomic E-state index is 0.0929. The summed E-state index contributed by atoms with van der Waals surface area (Å²) < 4.78 is 27.3. The summed E-state index contributed by atoms with van der Waals surface area (Å²) in [6.07, 6.45) is 3.02. The van der Waals surface area contributed by atoms with E-state index in [1.165, 1.54) is 0 Å². The molecule has 2 unspecified atom stereocenters. The number of piperidine rings is 1. The highest BCUT2D eigenvalue weighted by molar-refractivity contribution is 7.89. The maximum atomic E-state index is 12.8. The van der Waals surface area contributed by atoms with Crippen molar-refractivity contribution < 1.29 is 8.42 Å². The second-order valence-electron chi connectivity index (χ2n) is 5.71. The third-order valence-corrected chi connectivity index (χ3v) is 6.29. The first kappa shape index (κ1) is 14.5. The lowest BCUT2D eigenvalue weighted by molar-refractivity contribution is 0.204. The molecule has 1 aromatic rings. The molecule has 19 heavy (non-hydrogen) atoms. The molecule has 0 amide bonds. The zero-order valence-corrected chi connectivity index (χ0v) is 13.0. The largest absolute Gasteiger partial charge is 0.243 e. The molecule has 0 spiro atoms. The highest BCUT2D eigenvalue weighted by atomic mass is 32.2. The Bertz CT molecular complexity index is 556. The summed E-state index contributed by atoms with van der Waals surface area (Å²) in [5.74, 6) is 0. The van der Waals surface area contributed by atoms with Crippen LogP contribution in [0.2, 0.25) is 0 Å². The van der Waals surface area contributed by atoms with Gasteiger partial charge in [0.1, 0.15) is 0 Å². The smallest absolute Gasteiger partial charge is 0.207 e. The van der Waals surface area contributed by atoms with E-state index in [2.05, 4.69) is 0 Å². The lowest BCUT2D eigenvalue weighted by Gasteiger charge is -2.37. The van der Waals surface area contributed by atoms with Gasteiger partial charge < -0.3 is 0 Å². The Morgan fingerprint density at radius 1 is 1.05 bits per heavy atom. The third kappa shape index (κ3) is 2.70. The predicted octanol–water partition coefficient (Wildman–Crippen LogP) is 3.26. The van der Waals surface area contributed by atoms with E-state index in [1.54, 1.807) is 16.4 Å². The van der Waals surface area contributed by atoms with Crippen molar-refractivity contribution in [3.05, 3.63) is 29.3 Å². The molecule has 2 atom stereocenters. The van der Waals surface area contributed by atoms with Crippen molar-refractivity contribution in [3.63, 3.8) is 0 Å². The molecule has 1 saturated heterocycles. The molecule has 0 N–H and O–H groups in total. The Balaban J connectivity index is 2.43. The number of hydrogen-bond acceptors (Lipinski definition) is 2. The molecule has 3 nitrogen and oxygen atoms in total. The quantitative estimate of drug-likeness (QED) is 0.834. The van der Waals surface area contributed by atoms with Crippen molar-refractivity contribution in [2.45, 2.75) is 63.9 Å². The van der Waals surface area contributed by atoms with Gasteiger partial charge >= 0.3 is 0 Å². The molecular formula is C15H23NO2S. The first-order valence-electron chi connectivity index (χ1n) is 6.95. The molecule has 106 valence electrons.